The molecule has 0 spiro atoms. The highest BCUT2D eigenvalue weighted by atomic mass is 19.4. The molecule has 5 rings (SSSR count). The summed E-state index contributed by atoms with van der Waals surface area (Å²) < 4.78 is 53.1. The van der Waals surface area contributed by atoms with Gasteiger partial charge < -0.3 is 20.6 Å². The SMILES string of the molecule is Nc1c(-c2nc3ccc(N4CCC(C(F)(F)F)CC4)cc3[nH]2)c(=O)[nH]c2cccc(F)c12. The summed E-state index contributed by atoms with van der Waals surface area (Å²) in [5, 5.41) is 0.107. The molecule has 6 nitrogen and oxygen atoms in total. The summed E-state index contributed by atoms with van der Waals surface area (Å²) in [6.07, 6.45) is -4.07. The smallest absolute Gasteiger partial charge is 0.391 e. The van der Waals surface area contributed by atoms with Crippen molar-refractivity contribution in [3.05, 3.63) is 52.6 Å². The Morgan fingerprint density at radius 2 is 1.81 bits per heavy atom. The number of nitrogens with one attached hydrogen (secondary N) is 2. The molecular formula is C22H19F4N5O. The molecule has 0 radical (unpaired) electrons. The van der Waals surface area contributed by atoms with E-state index in [0.717, 1.165) is 5.69 Å². The predicted molar refractivity (Wildman–Crippen MR) is 115 cm³/mol. The van der Waals surface area contributed by atoms with Crippen LogP contribution in [0.5, 0.6) is 0 Å². The van der Waals surface area contributed by atoms with Crippen LogP contribution < -0.4 is 16.2 Å². The van der Waals surface area contributed by atoms with E-state index in [9.17, 15) is 22.4 Å². The molecule has 32 heavy (non-hydrogen) atoms. The highest BCUT2D eigenvalue weighted by Gasteiger charge is 2.41. The van der Waals surface area contributed by atoms with Gasteiger partial charge in [0.2, 0.25) is 0 Å². The Morgan fingerprint density at radius 3 is 2.53 bits per heavy atom. The zero-order valence-corrected chi connectivity index (χ0v) is 16.8. The van der Waals surface area contributed by atoms with Crippen molar-refractivity contribution in [2.24, 2.45) is 5.92 Å². The number of nitrogen functional groups attached to an aromatic ring is 1. The molecule has 3 heterocycles. The molecule has 0 amide bonds. The van der Waals surface area contributed by atoms with E-state index in [-0.39, 0.29) is 40.8 Å². The lowest BCUT2D eigenvalue weighted by Crippen LogP contribution is -2.38. The molecule has 4 aromatic rings. The highest BCUT2D eigenvalue weighted by Crippen LogP contribution is 2.36. The number of piperidine rings is 1. The number of fused-ring (bicyclic) bond motifs is 2. The number of imidazole rings is 1. The number of hydrogen-bond acceptors (Lipinski definition) is 4. The third-order valence-corrected chi connectivity index (χ3v) is 6.05. The second kappa shape index (κ2) is 7.25. The summed E-state index contributed by atoms with van der Waals surface area (Å²) in [4.78, 5) is 24.7. The van der Waals surface area contributed by atoms with E-state index in [1.54, 1.807) is 24.3 Å². The summed E-state index contributed by atoms with van der Waals surface area (Å²) >= 11 is 0. The van der Waals surface area contributed by atoms with Crippen molar-refractivity contribution in [2.45, 2.75) is 19.0 Å². The number of H-pyrrole nitrogens is 2. The second-order valence-electron chi connectivity index (χ2n) is 7.99. The first-order valence-corrected chi connectivity index (χ1v) is 10.1. The Morgan fingerprint density at radius 1 is 1.06 bits per heavy atom. The number of pyridine rings is 1. The number of alkyl halides is 3. The first-order valence-electron chi connectivity index (χ1n) is 10.1. The van der Waals surface area contributed by atoms with E-state index in [4.69, 9.17) is 5.73 Å². The van der Waals surface area contributed by atoms with Crippen molar-refractivity contribution in [3.8, 4) is 11.4 Å². The second-order valence-corrected chi connectivity index (χ2v) is 7.99. The number of hydrogen-bond donors (Lipinski definition) is 3. The van der Waals surface area contributed by atoms with E-state index in [1.807, 2.05) is 4.90 Å². The van der Waals surface area contributed by atoms with Crippen LogP contribution in [0.2, 0.25) is 0 Å². The Labute approximate surface area is 179 Å². The summed E-state index contributed by atoms with van der Waals surface area (Å²) in [5.74, 6) is -1.64. The average molecular weight is 445 g/mol. The standard InChI is InChI=1S/C22H19F4N5O/c23-13-2-1-3-15-17(13)19(27)18(21(32)30-15)20-28-14-5-4-12(10-16(14)29-20)31-8-6-11(7-9-31)22(24,25)26/h1-5,10-11H,6-9H2,(H,28,29)(H3,27,30,32). The third-order valence-electron chi connectivity index (χ3n) is 6.05. The van der Waals surface area contributed by atoms with E-state index in [2.05, 4.69) is 15.0 Å². The van der Waals surface area contributed by atoms with Gasteiger partial charge in [-0.3, -0.25) is 4.79 Å². The van der Waals surface area contributed by atoms with Gasteiger partial charge in [-0.05, 0) is 43.2 Å². The maximum absolute atomic E-state index is 14.3. The molecule has 2 aromatic heterocycles. The van der Waals surface area contributed by atoms with Gasteiger partial charge in [0.1, 0.15) is 17.2 Å². The third kappa shape index (κ3) is 3.35. The van der Waals surface area contributed by atoms with Crippen LogP contribution in [0.4, 0.5) is 28.9 Å². The quantitative estimate of drug-likeness (QED) is 0.394. The number of aromatic nitrogens is 3. The van der Waals surface area contributed by atoms with Gasteiger partial charge in [-0.25, -0.2) is 9.37 Å². The molecule has 4 N–H and O–H groups in total. The Balaban J connectivity index is 1.51. The van der Waals surface area contributed by atoms with Gasteiger partial charge in [0.15, 0.2) is 0 Å². The van der Waals surface area contributed by atoms with Crippen LogP contribution in [-0.4, -0.2) is 34.2 Å². The lowest BCUT2D eigenvalue weighted by molar-refractivity contribution is -0.179. The van der Waals surface area contributed by atoms with Crippen molar-refractivity contribution in [1.82, 2.24) is 15.0 Å². The maximum atomic E-state index is 14.3. The van der Waals surface area contributed by atoms with E-state index in [0.29, 0.717) is 24.1 Å². The normalized spacial score (nSPS) is 15.7. The monoisotopic (exact) mass is 445 g/mol. The molecule has 1 aliphatic heterocycles. The molecule has 10 heteroatoms. The largest absolute Gasteiger partial charge is 0.397 e. The fraction of sp³-hybridized carbons (Fsp3) is 0.273. The van der Waals surface area contributed by atoms with Crippen LogP contribution in [0.1, 0.15) is 12.8 Å². The Kier molecular flexibility index (Phi) is 4.61. The van der Waals surface area contributed by atoms with Gasteiger partial charge in [-0.1, -0.05) is 6.07 Å². The number of benzene rings is 2. The topological polar surface area (TPSA) is 90.8 Å². The van der Waals surface area contributed by atoms with Crippen molar-refractivity contribution < 1.29 is 17.6 Å². The van der Waals surface area contributed by atoms with Crippen molar-refractivity contribution in [2.75, 3.05) is 23.7 Å². The molecular weight excluding hydrogens is 426 g/mol. The van der Waals surface area contributed by atoms with Gasteiger partial charge >= 0.3 is 6.18 Å². The van der Waals surface area contributed by atoms with Crippen LogP contribution >= 0.6 is 0 Å². The fourth-order valence-electron chi connectivity index (χ4n) is 4.35. The van der Waals surface area contributed by atoms with Gasteiger partial charge in [0.05, 0.1) is 33.5 Å². The summed E-state index contributed by atoms with van der Waals surface area (Å²) in [6.45, 7) is 0.598. The summed E-state index contributed by atoms with van der Waals surface area (Å²) in [5.41, 5.74) is 7.87. The van der Waals surface area contributed by atoms with Crippen LogP contribution in [-0.2, 0) is 0 Å². The molecule has 166 valence electrons. The van der Waals surface area contributed by atoms with Crippen LogP contribution in [0.25, 0.3) is 33.3 Å². The minimum Gasteiger partial charge on any atom is -0.397 e. The number of rotatable bonds is 2. The Hall–Kier alpha value is -3.56. The molecule has 1 saturated heterocycles. The van der Waals surface area contributed by atoms with Crippen LogP contribution in [0.15, 0.2) is 41.2 Å². The van der Waals surface area contributed by atoms with Crippen molar-refractivity contribution in [3.63, 3.8) is 0 Å². The van der Waals surface area contributed by atoms with Gasteiger partial charge in [-0.2, -0.15) is 13.2 Å². The number of nitrogens with two attached hydrogens (primary N) is 1. The average Bonchev–Trinajstić information content (AvgIpc) is 3.15. The highest BCUT2D eigenvalue weighted by molar-refractivity contribution is 5.98. The lowest BCUT2D eigenvalue weighted by Gasteiger charge is -2.34. The molecule has 0 bridgehead atoms. The Bertz CT molecular complexity index is 1380. The molecule has 0 unspecified atom stereocenters. The molecule has 1 fully saturated rings. The minimum atomic E-state index is -4.17. The summed E-state index contributed by atoms with van der Waals surface area (Å²) in [6, 6.07) is 9.60. The molecule has 0 saturated carbocycles. The number of halogens is 4. The first-order chi connectivity index (χ1) is 15.2. The van der Waals surface area contributed by atoms with E-state index >= 15 is 0 Å². The van der Waals surface area contributed by atoms with Crippen LogP contribution in [0, 0.1) is 11.7 Å². The van der Waals surface area contributed by atoms with Crippen LogP contribution in [0.3, 0.4) is 0 Å². The van der Waals surface area contributed by atoms with Gasteiger partial charge in [-0.15, -0.1) is 0 Å². The van der Waals surface area contributed by atoms with Gasteiger partial charge in [0, 0.05) is 18.8 Å². The minimum absolute atomic E-state index is 0.0182. The zero-order valence-electron chi connectivity index (χ0n) is 16.8. The number of nitrogens with zero attached hydrogens (tertiary/aromatic N) is 2. The number of anilines is 2. The van der Waals surface area contributed by atoms with Crippen molar-refractivity contribution in [1.29, 1.82) is 0 Å². The van der Waals surface area contributed by atoms with E-state index in [1.165, 1.54) is 12.1 Å². The zero-order chi connectivity index (χ0) is 22.6. The maximum Gasteiger partial charge on any atom is 0.391 e. The summed E-state index contributed by atoms with van der Waals surface area (Å²) in [7, 11) is 0. The van der Waals surface area contributed by atoms with Gasteiger partial charge in [0.25, 0.3) is 5.56 Å². The first kappa shape index (κ1) is 20.3. The number of aromatic amines is 2. The lowest BCUT2D eigenvalue weighted by atomic mass is 9.96. The molecule has 1 aliphatic rings. The predicted octanol–water partition coefficient (Wildman–Crippen LogP) is 4.57. The molecule has 0 atom stereocenters. The fourth-order valence-corrected chi connectivity index (χ4v) is 4.35. The molecule has 2 aromatic carbocycles. The molecule has 0 aliphatic carbocycles. The van der Waals surface area contributed by atoms with E-state index < -0.39 is 23.5 Å². The van der Waals surface area contributed by atoms with Crippen molar-refractivity contribution >= 4 is 33.3 Å².